The molecular formula is C12H19N3O4. The first-order valence-electron chi connectivity index (χ1n) is 5.99. The molecule has 0 aromatic carbocycles. The molecule has 1 aliphatic heterocycles. The summed E-state index contributed by atoms with van der Waals surface area (Å²) in [6.07, 6.45) is 0.124. The fourth-order valence-electron chi connectivity index (χ4n) is 2.10. The van der Waals surface area contributed by atoms with Crippen molar-refractivity contribution in [2.45, 2.75) is 38.8 Å². The molecule has 7 heteroatoms. The number of rotatable bonds is 5. The first kappa shape index (κ1) is 15.2. The normalized spacial score (nSPS) is 20.6. The summed E-state index contributed by atoms with van der Waals surface area (Å²) in [5.74, 6) is -2.08. The Morgan fingerprint density at radius 2 is 2.00 bits per heavy atom. The Morgan fingerprint density at radius 3 is 2.47 bits per heavy atom. The van der Waals surface area contributed by atoms with Gasteiger partial charge in [-0.3, -0.25) is 9.59 Å². The topological polar surface area (TPSA) is 127 Å². The predicted octanol–water partition coefficient (Wildman–Crippen LogP) is -0.789. The number of amides is 2. The average molecular weight is 269 g/mol. The summed E-state index contributed by atoms with van der Waals surface area (Å²) in [7, 11) is 0. The molecule has 0 fully saturated rings. The summed E-state index contributed by atoms with van der Waals surface area (Å²) in [5.41, 5.74) is 12.2. The van der Waals surface area contributed by atoms with Crippen LogP contribution in [0.4, 0.5) is 0 Å². The summed E-state index contributed by atoms with van der Waals surface area (Å²) in [6, 6.07) is -1.87. The quantitative estimate of drug-likeness (QED) is 0.564. The van der Waals surface area contributed by atoms with Crippen molar-refractivity contribution in [2.75, 3.05) is 6.54 Å². The average Bonchev–Trinajstić information content (AvgIpc) is 2.61. The van der Waals surface area contributed by atoms with Gasteiger partial charge in [-0.1, -0.05) is 5.57 Å². The molecule has 0 spiro atoms. The van der Waals surface area contributed by atoms with Crippen LogP contribution in [0.2, 0.25) is 0 Å². The SMILES string of the molecule is CC1=C(C)C(C(=O)O)N(C(=O)[C@@H](N)CCC(N)=O)C1. The summed E-state index contributed by atoms with van der Waals surface area (Å²) in [6.45, 7) is 3.73. The lowest BCUT2D eigenvalue weighted by Crippen LogP contribution is -2.49. The van der Waals surface area contributed by atoms with Gasteiger partial charge in [0, 0.05) is 13.0 Å². The third-order valence-electron chi connectivity index (χ3n) is 3.34. The van der Waals surface area contributed by atoms with Crippen molar-refractivity contribution in [2.24, 2.45) is 11.5 Å². The predicted molar refractivity (Wildman–Crippen MR) is 67.9 cm³/mol. The Labute approximate surface area is 111 Å². The van der Waals surface area contributed by atoms with E-state index in [1.165, 1.54) is 4.90 Å². The number of carbonyl (C=O) groups excluding carboxylic acids is 2. The van der Waals surface area contributed by atoms with Crippen molar-refractivity contribution in [3.05, 3.63) is 11.1 Å². The standard InChI is InChI=1S/C12H19N3O4/c1-6-5-15(10(7(6)2)12(18)19)11(17)8(13)3-4-9(14)16/h8,10H,3-5,13H2,1-2H3,(H2,14,16)(H,18,19)/t8-,10?/m0/s1. The van der Waals surface area contributed by atoms with Gasteiger partial charge in [0.05, 0.1) is 6.04 Å². The number of primary amides is 1. The molecular weight excluding hydrogens is 250 g/mol. The number of nitrogens with two attached hydrogens (primary N) is 2. The van der Waals surface area contributed by atoms with Crippen molar-refractivity contribution in [3.63, 3.8) is 0 Å². The molecule has 0 saturated heterocycles. The molecule has 0 bridgehead atoms. The van der Waals surface area contributed by atoms with Crippen LogP contribution in [0.5, 0.6) is 0 Å². The monoisotopic (exact) mass is 269 g/mol. The summed E-state index contributed by atoms with van der Waals surface area (Å²) < 4.78 is 0. The Morgan fingerprint density at radius 1 is 1.42 bits per heavy atom. The first-order valence-corrected chi connectivity index (χ1v) is 5.99. The van der Waals surface area contributed by atoms with Crippen molar-refractivity contribution in [1.29, 1.82) is 0 Å². The molecule has 1 heterocycles. The second-order valence-electron chi connectivity index (χ2n) is 4.78. The van der Waals surface area contributed by atoms with E-state index in [-0.39, 0.29) is 19.4 Å². The van der Waals surface area contributed by atoms with E-state index in [0.29, 0.717) is 5.57 Å². The number of nitrogens with zero attached hydrogens (tertiary/aromatic N) is 1. The molecule has 1 unspecified atom stereocenters. The van der Waals surface area contributed by atoms with Crippen LogP contribution in [0.3, 0.4) is 0 Å². The number of carboxylic acid groups (broad SMARTS) is 1. The van der Waals surface area contributed by atoms with Gasteiger partial charge in [0.15, 0.2) is 6.04 Å². The minimum atomic E-state index is -1.08. The first-order chi connectivity index (χ1) is 8.75. The third kappa shape index (κ3) is 3.31. The van der Waals surface area contributed by atoms with Gasteiger partial charge in [-0.15, -0.1) is 0 Å². The lowest BCUT2D eigenvalue weighted by Gasteiger charge is -2.26. The summed E-state index contributed by atoms with van der Waals surface area (Å²) >= 11 is 0. The van der Waals surface area contributed by atoms with Crippen LogP contribution in [0, 0.1) is 0 Å². The van der Waals surface area contributed by atoms with E-state index >= 15 is 0 Å². The second-order valence-corrected chi connectivity index (χ2v) is 4.78. The molecule has 0 aromatic heterocycles. The van der Waals surface area contributed by atoms with Crippen LogP contribution < -0.4 is 11.5 Å². The van der Waals surface area contributed by atoms with E-state index in [1.54, 1.807) is 13.8 Å². The third-order valence-corrected chi connectivity index (χ3v) is 3.34. The van der Waals surface area contributed by atoms with Gasteiger partial charge in [-0.05, 0) is 25.8 Å². The molecule has 2 amide bonds. The van der Waals surface area contributed by atoms with Crippen molar-refractivity contribution in [1.82, 2.24) is 4.90 Å². The van der Waals surface area contributed by atoms with Gasteiger partial charge in [-0.2, -0.15) is 0 Å². The molecule has 0 aliphatic carbocycles. The molecule has 106 valence electrons. The fraction of sp³-hybridized carbons (Fsp3) is 0.583. The van der Waals surface area contributed by atoms with Gasteiger partial charge in [0.25, 0.3) is 0 Å². The lowest BCUT2D eigenvalue weighted by atomic mass is 10.1. The highest BCUT2D eigenvalue weighted by molar-refractivity contribution is 5.90. The summed E-state index contributed by atoms with van der Waals surface area (Å²) in [4.78, 5) is 35.2. The summed E-state index contributed by atoms with van der Waals surface area (Å²) in [5, 5.41) is 9.18. The van der Waals surface area contributed by atoms with Crippen LogP contribution in [0.15, 0.2) is 11.1 Å². The molecule has 7 nitrogen and oxygen atoms in total. The highest BCUT2D eigenvalue weighted by Crippen LogP contribution is 2.25. The maximum atomic E-state index is 12.1. The van der Waals surface area contributed by atoms with Crippen LogP contribution in [0.25, 0.3) is 0 Å². The zero-order valence-corrected chi connectivity index (χ0v) is 11.0. The van der Waals surface area contributed by atoms with E-state index in [4.69, 9.17) is 11.5 Å². The highest BCUT2D eigenvalue weighted by Gasteiger charge is 2.38. The van der Waals surface area contributed by atoms with Crippen LogP contribution in [-0.4, -0.2) is 46.4 Å². The van der Waals surface area contributed by atoms with Crippen LogP contribution in [-0.2, 0) is 14.4 Å². The minimum Gasteiger partial charge on any atom is -0.479 e. The molecule has 1 aliphatic rings. The highest BCUT2D eigenvalue weighted by atomic mass is 16.4. The Kier molecular flexibility index (Phi) is 4.66. The molecule has 0 aromatic rings. The maximum Gasteiger partial charge on any atom is 0.330 e. The van der Waals surface area contributed by atoms with Gasteiger partial charge in [0.1, 0.15) is 0 Å². The Balaban J connectivity index is 2.77. The van der Waals surface area contributed by atoms with Crippen molar-refractivity contribution in [3.8, 4) is 0 Å². The molecule has 19 heavy (non-hydrogen) atoms. The zero-order chi connectivity index (χ0) is 14.7. The number of carbonyl (C=O) groups is 3. The minimum absolute atomic E-state index is 0.00385. The zero-order valence-electron chi connectivity index (χ0n) is 11.0. The molecule has 2 atom stereocenters. The number of hydrogen-bond acceptors (Lipinski definition) is 4. The van der Waals surface area contributed by atoms with E-state index in [9.17, 15) is 19.5 Å². The van der Waals surface area contributed by atoms with Gasteiger partial charge >= 0.3 is 5.97 Å². The largest absolute Gasteiger partial charge is 0.479 e. The van der Waals surface area contributed by atoms with Crippen molar-refractivity contribution < 1.29 is 19.5 Å². The molecule has 1 rings (SSSR count). The number of carboxylic acids is 1. The van der Waals surface area contributed by atoms with E-state index < -0.39 is 29.9 Å². The fourth-order valence-corrected chi connectivity index (χ4v) is 2.10. The Bertz CT molecular complexity index is 444. The number of hydrogen-bond donors (Lipinski definition) is 3. The number of aliphatic carboxylic acids is 1. The molecule has 0 saturated carbocycles. The molecule has 0 radical (unpaired) electrons. The van der Waals surface area contributed by atoms with Crippen LogP contribution in [0.1, 0.15) is 26.7 Å². The second kappa shape index (κ2) is 5.83. The molecule has 5 N–H and O–H groups in total. The van der Waals surface area contributed by atoms with E-state index in [1.807, 2.05) is 0 Å². The van der Waals surface area contributed by atoms with Gasteiger partial charge < -0.3 is 21.5 Å². The van der Waals surface area contributed by atoms with Crippen molar-refractivity contribution >= 4 is 17.8 Å². The lowest BCUT2D eigenvalue weighted by molar-refractivity contribution is -0.148. The maximum absolute atomic E-state index is 12.1. The van der Waals surface area contributed by atoms with Gasteiger partial charge in [-0.25, -0.2) is 4.79 Å². The smallest absolute Gasteiger partial charge is 0.330 e. The van der Waals surface area contributed by atoms with E-state index in [0.717, 1.165) is 5.57 Å². The van der Waals surface area contributed by atoms with E-state index in [2.05, 4.69) is 0 Å². The van der Waals surface area contributed by atoms with Crippen LogP contribution >= 0.6 is 0 Å². The Hall–Kier alpha value is -1.89. The van der Waals surface area contributed by atoms with Gasteiger partial charge in [0.2, 0.25) is 11.8 Å².